The molecule has 1 unspecified atom stereocenters. The summed E-state index contributed by atoms with van der Waals surface area (Å²) in [7, 11) is 1.60. The summed E-state index contributed by atoms with van der Waals surface area (Å²) in [6, 6.07) is 6.78. The molecular formula is C16H23ClF2N2O2. The number of halogens is 3. The molecule has 1 saturated heterocycles. The van der Waals surface area contributed by atoms with Crippen LogP contribution in [0.25, 0.3) is 0 Å². The predicted molar refractivity (Wildman–Crippen MR) is 87.6 cm³/mol. The number of ether oxygens (including phenoxy) is 1. The minimum Gasteiger partial charge on any atom is -0.497 e. The first kappa shape index (κ1) is 19.6. The lowest BCUT2D eigenvalue weighted by Crippen LogP contribution is -2.45. The highest BCUT2D eigenvalue weighted by molar-refractivity contribution is 5.85. The van der Waals surface area contributed by atoms with Gasteiger partial charge in [-0.1, -0.05) is 26.0 Å². The monoisotopic (exact) mass is 348 g/mol. The Morgan fingerprint density at radius 1 is 1.39 bits per heavy atom. The van der Waals surface area contributed by atoms with Crippen molar-refractivity contribution in [3.8, 4) is 5.75 Å². The summed E-state index contributed by atoms with van der Waals surface area (Å²) >= 11 is 0. The van der Waals surface area contributed by atoms with Gasteiger partial charge >= 0.3 is 0 Å². The maximum Gasteiger partial charge on any atom is 0.262 e. The van der Waals surface area contributed by atoms with Crippen LogP contribution in [-0.4, -0.2) is 38.1 Å². The van der Waals surface area contributed by atoms with Gasteiger partial charge in [-0.05, 0) is 17.7 Å². The topological polar surface area (TPSA) is 50.4 Å². The van der Waals surface area contributed by atoms with Gasteiger partial charge in [-0.25, -0.2) is 8.78 Å². The van der Waals surface area contributed by atoms with Gasteiger partial charge in [0.25, 0.3) is 5.92 Å². The van der Waals surface area contributed by atoms with Gasteiger partial charge in [0.15, 0.2) is 0 Å². The molecule has 1 amide bonds. The zero-order chi connectivity index (χ0) is 16.4. The third kappa shape index (κ3) is 5.04. The largest absolute Gasteiger partial charge is 0.497 e. The molecule has 1 aliphatic heterocycles. The van der Waals surface area contributed by atoms with Crippen LogP contribution in [-0.2, 0) is 10.2 Å². The molecule has 1 atom stereocenters. The Morgan fingerprint density at radius 3 is 2.48 bits per heavy atom. The lowest BCUT2D eigenvalue weighted by atomic mass is 9.84. The minimum atomic E-state index is -2.80. The van der Waals surface area contributed by atoms with Gasteiger partial charge in [0, 0.05) is 18.4 Å². The van der Waals surface area contributed by atoms with Crippen LogP contribution in [0.5, 0.6) is 5.75 Å². The van der Waals surface area contributed by atoms with Crippen LogP contribution < -0.4 is 15.4 Å². The number of methoxy groups -OCH3 is 1. The maximum absolute atomic E-state index is 13.1. The van der Waals surface area contributed by atoms with Gasteiger partial charge in [-0.15, -0.1) is 12.4 Å². The van der Waals surface area contributed by atoms with Gasteiger partial charge in [0.05, 0.1) is 19.7 Å². The summed E-state index contributed by atoms with van der Waals surface area (Å²) in [5.41, 5.74) is 0.738. The van der Waals surface area contributed by atoms with E-state index in [1.807, 2.05) is 38.1 Å². The second-order valence-corrected chi connectivity index (χ2v) is 6.32. The number of rotatable bonds is 5. The zero-order valence-corrected chi connectivity index (χ0v) is 14.3. The van der Waals surface area contributed by atoms with Crippen molar-refractivity contribution in [1.82, 2.24) is 10.6 Å². The van der Waals surface area contributed by atoms with Crippen molar-refractivity contribution >= 4 is 18.3 Å². The first-order valence-corrected chi connectivity index (χ1v) is 7.27. The molecule has 0 bridgehead atoms. The summed E-state index contributed by atoms with van der Waals surface area (Å²) in [6.07, 6.45) is -0.443. The van der Waals surface area contributed by atoms with Crippen molar-refractivity contribution in [2.45, 2.75) is 37.6 Å². The molecule has 1 aromatic carbocycles. The Morgan fingerprint density at radius 2 is 2.00 bits per heavy atom. The summed E-state index contributed by atoms with van der Waals surface area (Å²) in [6.45, 7) is 3.92. The van der Waals surface area contributed by atoms with Crippen molar-refractivity contribution < 1.29 is 18.3 Å². The highest BCUT2D eigenvalue weighted by atomic mass is 35.5. The molecule has 4 nitrogen and oxygen atoms in total. The smallest absolute Gasteiger partial charge is 0.262 e. The van der Waals surface area contributed by atoms with Gasteiger partial charge < -0.3 is 10.1 Å². The molecule has 1 aliphatic rings. The van der Waals surface area contributed by atoms with E-state index in [9.17, 15) is 13.6 Å². The quantitative estimate of drug-likeness (QED) is 0.859. The molecule has 1 aromatic rings. The number of carbonyl (C=O) groups is 1. The molecule has 130 valence electrons. The summed E-state index contributed by atoms with van der Waals surface area (Å²) in [5.74, 6) is -2.41. The number of alkyl halides is 2. The normalized spacial score (nSPS) is 19.8. The first-order chi connectivity index (χ1) is 10.2. The molecule has 1 fully saturated rings. The molecular weight excluding hydrogens is 326 g/mol. The molecule has 0 spiro atoms. The van der Waals surface area contributed by atoms with Gasteiger partial charge in [0.1, 0.15) is 5.75 Å². The third-order valence-corrected chi connectivity index (χ3v) is 4.00. The van der Waals surface area contributed by atoms with Crippen LogP contribution in [0.4, 0.5) is 8.78 Å². The van der Waals surface area contributed by atoms with Crippen LogP contribution in [0, 0.1) is 0 Å². The summed E-state index contributed by atoms with van der Waals surface area (Å²) in [4.78, 5) is 12.0. The predicted octanol–water partition coefficient (Wildman–Crippen LogP) is 2.51. The molecule has 2 N–H and O–H groups in total. The fourth-order valence-electron chi connectivity index (χ4n) is 2.48. The van der Waals surface area contributed by atoms with E-state index in [1.165, 1.54) is 0 Å². The second-order valence-electron chi connectivity index (χ2n) is 6.32. The number of benzene rings is 1. The molecule has 1 heterocycles. The minimum absolute atomic E-state index is 0. The van der Waals surface area contributed by atoms with E-state index < -0.39 is 24.9 Å². The number of hydrogen-bond donors (Lipinski definition) is 2. The molecule has 23 heavy (non-hydrogen) atoms. The highest BCUT2D eigenvalue weighted by Gasteiger charge is 2.42. The van der Waals surface area contributed by atoms with Crippen LogP contribution >= 0.6 is 12.4 Å². The molecule has 0 radical (unpaired) electrons. The van der Waals surface area contributed by atoms with E-state index in [0.717, 1.165) is 11.3 Å². The number of amides is 1. The van der Waals surface area contributed by atoms with Crippen molar-refractivity contribution in [3.05, 3.63) is 29.8 Å². The Hall–Kier alpha value is -1.40. The lowest BCUT2D eigenvalue weighted by molar-refractivity contribution is -0.123. The number of carbonyl (C=O) groups excluding carboxylic acids is 1. The van der Waals surface area contributed by atoms with Crippen LogP contribution in [0.2, 0.25) is 0 Å². The Labute approximate surface area is 141 Å². The van der Waals surface area contributed by atoms with E-state index in [4.69, 9.17) is 4.74 Å². The molecule has 2 rings (SSSR count). The van der Waals surface area contributed by atoms with Crippen LogP contribution in [0.1, 0.15) is 25.8 Å². The summed E-state index contributed by atoms with van der Waals surface area (Å²) < 4.78 is 31.3. The Balaban J connectivity index is 0.00000264. The molecule has 0 aliphatic carbocycles. The highest BCUT2D eigenvalue weighted by Crippen LogP contribution is 2.26. The van der Waals surface area contributed by atoms with E-state index in [2.05, 4.69) is 10.6 Å². The van der Waals surface area contributed by atoms with E-state index in [0.29, 0.717) is 6.54 Å². The van der Waals surface area contributed by atoms with Crippen molar-refractivity contribution in [3.63, 3.8) is 0 Å². The van der Waals surface area contributed by atoms with E-state index in [1.54, 1.807) is 7.11 Å². The standard InChI is InChI=1S/C16H22F2N2O2.ClH/c1-15(2,11-4-6-12(22-3)7-5-11)9-20-14(21)13-8-16(17,18)10-19-13;/h4-7,13,19H,8-10H2,1-3H3,(H,20,21);1H. The van der Waals surface area contributed by atoms with Gasteiger partial charge in [-0.3, -0.25) is 10.1 Å². The lowest BCUT2D eigenvalue weighted by Gasteiger charge is -2.26. The SMILES string of the molecule is COc1ccc(C(C)(C)CNC(=O)C2CC(F)(F)CN2)cc1.Cl. The average Bonchev–Trinajstić information content (AvgIpc) is 2.85. The van der Waals surface area contributed by atoms with Crippen molar-refractivity contribution in [1.29, 1.82) is 0 Å². The third-order valence-electron chi connectivity index (χ3n) is 4.00. The Bertz CT molecular complexity index is 535. The fourth-order valence-corrected chi connectivity index (χ4v) is 2.48. The summed E-state index contributed by atoms with van der Waals surface area (Å²) in [5, 5.41) is 5.32. The number of nitrogens with one attached hydrogen (secondary N) is 2. The zero-order valence-electron chi connectivity index (χ0n) is 13.5. The first-order valence-electron chi connectivity index (χ1n) is 7.27. The molecule has 0 saturated carbocycles. The van der Waals surface area contributed by atoms with Crippen molar-refractivity contribution in [2.75, 3.05) is 20.2 Å². The van der Waals surface area contributed by atoms with Gasteiger partial charge in [0.2, 0.25) is 5.91 Å². The van der Waals surface area contributed by atoms with E-state index >= 15 is 0 Å². The molecule has 7 heteroatoms. The van der Waals surface area contributed by atoms with Crippen molar-refractivity contribution in [2.24, 2.45) is 0 Å². The molecule has 0 aromatic heterocycles. The average molecular weight is 349 g/mol. The van der Waals surface area contributed by atoms with E-state index in [-0.39, 0.29) is 23.7 Å². The fraction of sp³-hybridized carbons (Fsp3) is 0.562. The second kappa shape index (κ2) is 7.45. The number of hydrogen-bond acceptors (Lipinski definition) is 3. The maximum atomic E-state index is 13.1. The van der Waals surface area contributed by atoms with Gasteiger partial charge in [-0.2, -0.15) is 0 Å². The Kier molecular flexibility index (Phi) is 6.36. The van der Waals surface area contributed by atoms with Crippen LogP contribution in [0.3, 0.4) is 0 Å². The van der Waals surface area contributed by atoms with Crippen LogP contribution in [0.15, 0.2) is 24.3 Å².